The van der Waals surface area contributed by atoms with E-state index in [-0.39, 0.29) is 57.1 Å². The van der Waals surface area contributed by atoms with Gasteiger partial charge in [0.2, 0.25) is 0 Å². The van der Waals surface area contributed by atoms with Crippen LogP contribution in [0.3, 0.4) is 0 Å². The number of nitrogens with zero attached hydrogens (tertiary/aromatic N) is 1. The van der Waals surface area contributed by atoms with Crippen LogP contribution in [0, 0.1) is 25.2 Å². The Morgan fingerprint density at radius 1 is 0.638 bits per heavy atom. The van der Waals surface area contributed by atoms with Crippen molar-refractivity contribution in [1.29, 1.82) is 5.26 Å². The molecule has 284 valence electrons. The molecule has 1 rings (SSSR count). The molecule has 0 aromatic carbocycles. The van der Waals surface area contributed by atoms with Gasteiger partial charge in [-0.2, -0.15) is 18.1 Å². The molecule has 0 saturated carbocycles. The van der Waals surface area contributed by atoms with Crippen molar-refractivity contribution < 1.29 is 48.7 Å². The fourth-order valence-electron chi connectivity index (χ4n) is 5.85. The number of aliphatic hydroxyl groups is 1. The molecule has 13 heteroatoms. The third-order valence-electron chi connectivity index (χ3n) is 9.55. The second kappa shape index (κ2) is 30.4. The minimum Gasteiger partial charge on any atom is -0.409 e. The number of aliphatic hydroxyl groups excluding tert-OH is 1. The zero-order valence-corrected chi connectivity index (χ0v) is 37.1. The normalized spacial score (nSPS) is 21.7. The van der Waals surface area contributed by atoms with Gasteiger partial charge in [-0.05, 0) is 54.4 Å². The predicted octanol–water partition coefficient (Wildman–Crippen LogP) is 9.83. The van der Waals surface area contributed by atoms with Crippen molar-refractivity contribution >= 4 is 34.0 Å². The minimum atomic E-state index is -2.09. The molecule has 0 spiro atoms. The number of hydrogen-bond donors (Lipinski definition) is 1. The smallest absolute Gasteiger partial charge is 0.409 e. The Morgan fingerprint density at radius 3 is 1.30 bits per heavy atom. The molecule has 0 bridgehead atoms. The van der Waals surface area contributed by atoms with Gasteiger partial charge in [0.25, 0.3) is 0 Å². The summed E-state index contributed by atoms with van der Waals surface area (Å²) in [6, 6.07) is 11.2. The van der Waals surface area contributed by atoms with Crippen LogP contribution >= 0.6 is 9.03 Å². The molecule has 0 amide bonds. The number of rotatable bonds is 22. The van der Waals surface area contributed by atoms with Gasteiger partial charge in [0.1, 0.15) is 30.5 Å². The maximum Gasteiger partial charge on any atom is 2.00 e. The van der Waals surface area contributed by atoms with Crippen molar-refractivity contribution in [3.63, 3.8) is 0 Å². The van der Waals surface area contributed by atoms with Crippen LogP contribution in [-0.2, 0) is 43.6 Å². The fraction of sp³-hybridized carbons (Fsp3) is 0.912. The second-order valence-electron chi connectivity index (χ2n) is 12.0. The van der Waals surface area contributed by atoms with Crippen LogP contribution in [0.2, 0.25) is 54.4 Å². The maximum atomic E-state index is 10.6. The summed E-state index contributed by atoms with van der Waals surface area (Å²) < 4.78 is 39.9. The van der Waals surface area contributed by atoms with E-state index in [1.54, 1.807) is 0 Å². The van der Waals surface area contributed by atoms with Gasteiger partial charge in [0, 0.05) is 0 Å². The third-order valence-corrected chi connectivity index (χ3v) is 24.1. The van der Waals surface area contributed by atoms with E-state index in [0.29, 0.717) is 13.0 Å². The molecule has 0 aromatic heterocycles. The first-order valence-electron chi connectivity index (χ1n) is 18.3. The van der Waals surface area contributed by atoms with Gasteiger partial charge in [0.05, 0.1) is 32.3 Å². The zero-order valence-electron chi connectivity index (χ0n) is 32.1. The topological polar surface area (TPSA) is 99.4 Å². The summed E-state index contributed by atoms with van der Waals surface area (Å²) >= 11 is 0. The molecule has 2 unspecified atom stereocenters. The van der Waals surface area contributed by atoms with Crippen LogP contribution in [0.5, 0.6) is 0 Å². The van der Waals surface area contributed by atoms with Crippen molar-refractivity contribution in [3.8, 4) is 6.07 Å². The molecule has 6 atom stereocenters. The minimum absolute atomic E-state index is 0. The molecule has 0 aromatic rings. The van der Waals surface area contributed by atoms with Gasteiger partial charge < -0.3 is 46.0 Å². The molecule has 1 saturated heterocycles. The van der Waals surface area contributed by atoms with E-state index < -0.39 is 37.2 Å². The molecule has 0 radical (unpaired) electrons. The molecular weight excluding hydrogens is 708 g/mol. The van der Waals surface area contributed by atoms with Crippen LogP contribution < -0.4 is 0 Å². The Morgan fingerprint density at radius 2 is 0.979 bits per heavy atom. The third kappa shape index (κ3) is 17.7. The van der Waals surface area contributed by atoms with Crippen LogP contribution in [0.25, 0.3) is 0 Å². The standard InChI is InChI=1S/C28H60NO7PSi3.2C3H7.Ni/c1-10-38(11-2,12-3)34-26-24(22-30)33-25(23-32-37-31-21-19-20-29)27(35-39(13-4,14-5)15-6)28(26)36-40(16-7,17-8)18-9;2*1-3-2;/h24-28,30,37H,10-19,21-23H2,1-9H3;2*1,3H2,2H3;/q;2*-1;+2/t24-,25?,26-,27-,28+;;;/m1.../s1. The van der Waals surface area contributed by atoms with Crippen molar-refractivity contribution in [1.82, 2.24) is 0 Å². The molecule has 1 heterocycles. The zero-order chi connectivity index (χ0) is 35.7. The summed E-state index contributed by atoms with van der Waals surface area (Å²) in [5.41, 5.74) is 0. The summed E-state index contributed by atoms with van der Waals surface area (Å²) in [4.78, 5) is 0. The van der Waals surface area contributed by atoms with E-state index >= 15 is 0 Å². The van der Waals surface area contributed by atoms with E-state index in [4.69, 9.17) is 32.3 Å². The molecule has 1 N–H and O–H groups in total. The Balaban J connectivity index is -0.00000255. The first-order chi connectivity index (χ1) is 22.0. The van der Waals surface area contributed by atoms with E-state index in [2.05, 4.69) is 82.2 Å². The van der Waals surface area contributed by atoms with Gasteiger partial charge in [0.15, 0.2) is 34.0 Å². The van der Waals surface area contributed by atoms with Crippen LogP contribution in [0.15, 0.2) is 0 Å². The van der Waals surface area contributed by atoms with E-state index in [1.165, 1.54) is 0 Å². The van der Waals surface area contributed by atoms with Crippen molar-refractivity contribution in [2.75, 3.05) is 19.8 Å². The van der Waals surface area contributed by atoms with Gasteiger partial charge in [-0.25, -0.2) is 0 Å². The first kappa shape index (κ1) is 52.1. The summed E-state index contributed by atoms with van der Waals surface area (Å²) in [6.45, 7) is 31.6. The quantitative estimate of drug-likeness (QED) is 0.0502. The van der Waals surface area contributed by atoms with Gasteiger partial charge in [-0.3, -0.25) is 0 Å². The van der Waals surface area contributed by atoms with Crippen molar-refractivity contribution in [3.05, 3.63) is 13.8 Å². The van der Waals surface area contributed by atoms with Crippen LogP contribution in [-0.4, -0.2) is 80.4 Å². The summed E-state index contributed by atoms with van der Waals surface area (Å²) in [6.07, 6.45) is 0.330. The van der Waals surface area contributed by atoms with Crippen molar-refractivity contribution in [2.45, 2.75) is 180 Å². The monoisotopic (exact) mass is 781 g/mol. The first-order valence-corrected chi connectivity index (χ1v) is 26.7. The number of ether oxygens (including phenoxy) is 1. The van der Waals surface area contributed by atoms with Crippen molar-refractivity contribution in [2.24, 2.45) is 0 Å². The Bertz CT molecular complexity index is 733. The summed E-state index contributed by atoms with van der Waals surface area (Å²) in [5.74, 6) is 0. The molecule has 8 nitrogen and oxygen atoms in total. The van der Waals surface area contributed by atoms with E-state index in [0.717, 1.165) is 67.2 Å². The largest absolute Gasteiger partial charge is 2.00 e. The van der Waals surface area contributed by atoms with Crippen LogP contribution in [0.1, 0.15) is 95.4 Å². The number of hydrogen-bond acceptors (Lipinski definition) is 8. The molecule has 1 aliphatic rings. The van der Waals surface area contributed by atoms with Gasteiger partial charge in [-0.15, -0.1) is 0 Å². The fourth-order valence-corrected chi connectivity index (χ4v) is 14.9. The van der Waals surface area contributed by atoms with Crippen LogP contribution in [0.4, 0.5) is 0 Å². The molecule has 1 aliphatic heterocycles. The Hall–Kier alpha value is 0.784. The molecular formula is C34H74NNiO7PSi3. The SMILES string of the molecule is CC[Si](CC)(CC)O[C@H]1[C@H](O[Si](CC)(CC)CC)[C@@H](CO)OC(COPOCCC#N)[C@H]1O[Si](CC)(CC)CC.[CH2-]CC.[CH2-]CC.[Ni+2]. The Kier molecular flexibility index (Phi) is 33.7. The summed E-state index contributed by atoms with van der Waals surface area (Å²) in [5, 5.41) is 19.4. The molecule has 1 fully saturated rings. The average molecular weight is 783 g/mol. The second-order valence-corrected chi connectivity index (χ2v) is 26.9. The van der Waals surface area contributed by atoms with E-state index in [9.17, 15) is 5.11 Å². The molecule has 47 heavy (non-hydrogen) atoms. The summed E-state index contributed by atoms with van der Waals surface area (Å²) in [7, 11) is -6.42. The average Bonchev–Trinajstić information content (AvgIpc) is 3.08. The number of nitriles is 1. The predicted molar refractivity (Wildman–Crippen MR) is 204 cm³/mol. The maximum absolute atomic E-state index is 10.6. The van der Waals surface area contributed by atoms with E-state index in [1.807, 2.05) is 13.8 Å². The Labute approximate surface area is 306 Å². The van der Waals surface area contributed by atoms with Gasteiger partial charge >= 0.3 is 16.5 Å². The van der Waals surface area contributed by atoms with Gasteiger partial charge in [-0.1, -0.05) is 76.2 Å². The molecule has 0 aliphatic carbocycles.